The highest BCUT2D eigenvalue weighted by molar-refractivity contribution is 5.77. The van der Waals surface area contributed by atoms with Gasteiger partial charge in [-0.15, -0.1) is 0 Å². The van der Waals surface area contributed by atoms with Crippen LogP contribution in [-0.2, 0) is 4.79 Å². The lowest BCUT2D eigenvalue weighted by Crippen LogP contribution is -2.40. The molecular weight excluding hydrogens is 240 g/mol. The molecule has 1 aromatic rings. The fourth-order valence-electron chi connectivity index (χ4n) is 1.76. The molecule has 0 saturated carbocycles. The fourth-order valence-corrected chi connectivity index (χ4v) is 1.76. The number of ether oxygens (including phenoxy) is 1. The first-order valence-electron chi connectivity index (χ1n) is 6.79. The average Bonchev–Trinajstić information content (AvgIpc) is 2.44. The van der Waals surface area contributed by atoms with Crippen LogP contribution in [0.25, 0.3) is 0 Å². The van der Waals surface area contributed by atoms with Gasteiger partial charge in [0.05, 0.1) is 0 Å². The molecular formula is C15H24N2O2. The van der Waals surface area contributed by atoms with Crippen LogP contribution >= 0.6 is 0 Å². The summed E-state index contributed by atoms with van der Waals surface area (Å²) >= 11 is 0. The van der Waals surface area contributed by atoms with E-state index >= 15 is 0 Å². The predicted octanol–water partition coefficient (Wildman–Crippen LogP) is 2.04. The molecule has 4 nitrogen and oxygen atoms in total. The van der Waals surface area contributed by atoms with Crippen LogP contribution < -0.4 is 15.8 Å². The molecule has 3 N–H and O–H groups in total. The molecule has 0 radical (unpaired) electrons. The highest BCUT2D eigenvalue weighted by atomic mass is 16.5. The van der Waals surface area contributed by atoms with Crippen molar-refractivity contribution in [1.29, 1.82) is 0 Å². The number of amides is 1. The van der Waals surface area contributed by atoms with Crippen molar-refractivity contribution in [2.75, 3.05) is 13.2 Å². The number of benzene rings is 1. The van der Waals surface area contributed by atoms with Crippen LogP contribution in [0.4, 0.5) is 0 Å². The summed E-state index contributed by atoms with van der Waals surface area (Å²) in [5.74, 6) is 1.06. The molecule has 0 heterocycles. The second-order valence-electron chi connectivity index (χ2n) is 4.84. The van der Waals surface area contributed by atoms with E-state index in [2.05, 4.69) is 19.2 Å². The van der Waals surface area contributed by atoms with Crippen LogP contribution in [0.1, 0.15) is 38.7 Å². The van der Waals surface area contributed by atoms with Gasteiger partial charge in [-0.3, -0.25) is 4.79 Å². The van der Waals surface area contributed by atoms with Crippen LogP contribution in [-0.4, -0.2) is 25.1 Å². The molecule has 0 bridgehead atoms. The van der Waals surface area contributed by atoms with Crippen molar-refractivity contribution < 1.29 is 9.53 Å². The molecule has 0 aliphatic rings. The first-order valence-corrected chi connectivity index (χ1v) is 6.79. The lowest BCUT2D eigenvalue weighted by molar-refractivity contribution is -0.123. The molecule has 1 rings (SSSR count). The minimum atomic E-state index is -0.142. The van der Waals surface area contributed by atoms with E-state index in [0.717, 1.165) is 17.7 Å². The van der Waals surface area contributed by atoms with Crippen molar-refractivity contribution in [2.45, 2.75) is 39.2 Å². The van der Waals surface area contributed by atoms with Crippen molar-refractivity contribution >= 4 is 5.91 Å². The first kappa shape index (κ1) is 15.5. The van der Waals surface area contributed by atoms with E-state index in [1.165, 1.54) is 0 Å². The molecule has 1 unspecified atom stereocenters. The number of hydrogen-bond donors (Lipinski definition) is 2. The third kappa shape index (κ3) is 4.91. The smallest absolute Gasteiger partial charge is 0.258 e. The fraction of sp³-hybridized carbons (Fsp3) is 0.533. The SMILES string of the molecule is CCC(C)c1ccccc1OCC(=O)N[C@@H](C)CN. The van der Waals surface area contributed by atoms with Crippen molar-refractivity contribution in [3.8, 4) is 5.75 Å². The third-order valence-electron chi connectivity index (χ3n) is 3.18. The van der Waals surface area contributed by atoms with Gasteiger partial charge in [0, 0.05) is 12.6 Å². The molecule has 106 valence electrons. The quantitative estimate of drug-likeness (QED) is 0.792. The van der Waals surface area contributed by atoms with Crippen molar-refractivity contribution in [3.63, 3.8) is 0 Å². The van der Waals surface area contributed by atoms with Crippen LogP contribution in [0.15, 0.2) is 24.3 Å². The van der Waals surface area contributed by atoms with Crippen LogP contribution in [0.5, 0.6) is 5.75 Å². The molecule has 19 heavy (non-hydrogen) atoms. The van der Waals surface area contributed by atoms with E-state index in [0.29, 0.717) is 12.5 Å². The van der Waals surface area contributed by atoms with Crippen molar-refractivity contribution in [1.82, 2.24) is 5.32 Å². The molecule has 0 aliphatic heterocycles. The number of nitrogens with two attached hydrogens (primary N) is 1. The molecule has 1 aromatic carbocycles. The zero-order valence-electron chi connectivity index (χ0n) is 12.0. The second kappa shape index (κ2) is 7.79. The number of rotatable bonds is 7. The standard InChI is InChI=1S/C15H24N2O2/c1-4-11(2)13-7-5-6-8-14(13)19-10-15(18)17-12(3)9-16/h5-8,11-12H,4,9-10,16H2,1-3H3,(H,17,18)/t11?,12-/m0/s1. The van der Waals surface area contributed by atoms with Gasteiger partial charge >= 0.3 is 0 Å². The maximum absolute atomic E-state index is 11.6. The Kier molecular flexibility index (Phi) is 6.36. The number of para-hydroxylation sites is 1. The number of carbonyl (C=O) groups excluding carboxylic acids is 1. The summed E-state index contributed by atoms with van der Waals surface area (Å²) in [6.45, 7) is 6.60. The molecule has 0 aromatic heterocycles. The van der Waals surface area contributed by atoms with Gasteiger partial charge in [-0.25, -0.2) is 0 Å². The summed E-state index contributed by atoms with van der Waals surface area (Å²) in [4.78, 5) is 11.6. The molecule has 2 atom stereocenters. The zero-order chi connectivity index (χ0) is 14.3. The Morgan fingerprint density at radius 2 is 2.05 bits per heavy atom. The summed E-state index contributed by atoms with van der Waals surface area (Å²) in [5.41, 5.74) is 6.60. The zero-order valence-corrected chi connectivity index (χ0v) is 12.0. The van der Waals surface area contributed by atoms with Gasteiger partial charge in [0.15, 0.2) is 6.61 Å². The second-order valence-corrected chi connectivity index (χ2v) is 4.84. The first-order chi connectivity index (χ1) is 9.08. The maximum Gasteiger partial charge on any atom is 0.258 e. The van der Waals surface area contributed by atoms with E-state index in [-0.39, 0.29) is 18.6 Å². The Labute approximate surface area is 115 Å². The van der Waals surface area contributed by atoms with E-state index in [1.807, 2.05) is 31.2 Å². The molecule has 4 heteroatoms. The monoisotopic (exact) mass is 264 g/mol. The number of hydrogen-bond acceptors (Lipinski definition) is 3. The lowest BCUT2D eigenvalue weighted by atomic mass is 9.98. The van der Waals surface area contributed by atoms with Crippen LogP contribution in [0.3, 0.4) is 0 Å². The summed E-state index contributed by atoms with van der Waals surface area (Å²) in [7, 11) is 0. The van der Waals surface area contributed by atoms with Gasteiger partial charge in [0.25, 0.3) is 5.91 Å². The van der Waals surface area contributed by atoms with Gasteiger partial charge in [0.1, 0.15) is 5.75 Å². The Morgan fingerprint density at radius 3 is 2.68 bits per heavy atom. The summed E-state index contributed by atoms with van der Waals surface area (Å²) in [5, 5.41) is 2.77. The van der Waals surface area contributed by atoms with Crippen molar-refractivity contribution in [3.05, 3.63) is 29.8 Å². The predicted molar refractivity (Wildman–Crippen MR) is 77.3 cm³/mol. The Balaban J connectivity index is 2.60. The maximum atomic E-state index is 11.6. The largest absolute Gasteiger partial charge is 0.483 e. The highest BCUT2D eigenvalue weighted by Crippen LogP contribution is 2.28. The van der Waals surface area contributed by atoms with Gasteiger partial charge in [-0.1, -0.05) is 32.0 Å². The summed E-state index contributed by atoms with van der Waals surface area (Å²) < 4.78 is 5.61. The van der Waals surface area contributed by atoms with E-state index in [4.69, 9.17) is 10.5 Å². The summed E-state index contributed by atoms with van der Waals surface area (Å²) in [6, 6.07) is 7.83. The van der Waals surface area contributed by atoms with Gasteiger partial charge in [-0.05, 0) is 30.9 Å². The molecule has 1 amide bonds. The Hall–Kier alpha value is -1.55. The topological polar surface area (TPSA) is 64.3 Å². The molecule has 0 spiro atoms. The Bertz CT molecular complexity index is 407. The summed E-state index contributed by atoms with van der Waals surface area (Å²) in [6.07, 6.45) is 1.04. The van der Waals surface area contributed by atoms with Crippen LogP contribution in [0, 0.1) is 0 Å². The minimum absolute atomic E-state index is 0.0256. The van der Waals surface area contributed by atoms with E-state index < -0.39 is 0 Å². The Morgan fingerprint density at radius 1 is 1.37 bits per heavy atom. The van der Waals surface area contributed by atoms with E-state index in [1.54, 1.807) is 0 Å². The van der Waals surface area contributed by atoms with Gasteiger partial charge < -0.3 is 15.8 Å². The minimum Gasteiger partial charge on any atom is -0.483 e. The highest BCUT2D eigenvalue weighted by Gasteiger charge is 2.11. The number of carbonyl (C=O) groups is 1. The van der Waals surface area contributed by atoms with Crippen LogP contribution in [0.2, 0.25) is 0 Å². The molecule has 0 aliphatic carbocycles. The number of nitrogens with one attached hydrogen (secondary N) is 1. The average molecular weight is 264 g/mol. The van der Waals surface area contributed by atoms with Gasteiger partial charge in [-0.2, -0.15) is 0 Å². The lowest BCUT2D eigenvalue weighted by Gasteiger charge is -2.16. The van der Waals surface area contributed by atoms with E-state index in [9.17, 15) is 4.79 Å². The third-order valence-corrected chi connectivity index (χ3v) is 3.18. The normalized spacial score (nSPS) is 13.7. The van der Waals surface area contributed by atoms with Crippen molar-refractivity contribution in [2.24, 2.45) is 5.73 Å². The van der Waals surface area contributed by atoms with Gasteiger partial charge in [0.2, 0.25) is 0 Å². The molecule has 0 saturated heterocycles. The molecule has 0 fully saturated rings.